The molecule has 0 spiro atoms. The second-order valence-electron chi connectivity index (χ2n) is 6.50. The smallest absolute Gasteiger partial charge is 0.253 e. The third kappa shape index (κ3) is 6.51. The van der Waals surface area contributed by atoms with Crippen molar-refractivity contribution in [1.29, 1.82) is 0 Å². The molecule has 1 heterocycles. The summed E-state index contributed by atoms with van der Waals surface area (Å²) in [5, 5.41) is 0. The van der Waals surface area contributed by atoms with Gasteiger partial charge in [0.1, 0.15) is 0 Å². The summed E-state index contributed by atoms with van der Waals surface area (Å²) in [6.07, 6.45) is 1.53. The number of halogens is 1. The average molecular weight is 406 g/mol. The van der Waals surface area contributed by atoms with E-state index in [9.17, 15) is 13.2 Å². The van der Waals surface area contributed by atoms with Gasteiger partial charge in [0.15, 0.2) is 0 Å². The Bertz CT molecular complexity index is 680. The van der Waals surface area contributed by atoms with Gasteiger partial charge in [-0.2, -0.15) is 0 Å². The van der Waals surface area contributed by atoms with E-state index in [0.29, 0.717) is 38.2 Å². The number of nitrogens with zero attached hydrogens (tertiary/aromatic N) is 1. The van der Waals surface area contributed by atoms with Crippen LogP contribution < -0.4 is 10.5 Å². The number of benzene rings is 1. The molecule has 0 aliphatic carbocycles. The Kier molecular flexibility index (Phi) is 8.99. The SMILES string of the molecule is CC(C)OCCCNS(=O)(=O)c1ccc(C(=O)N2CC[C@H](N)C2)cc1.Cl. The van der Waals surface area contributed by atoms with E-state index in [1.165, 1.54) is 12.1 Å². The predicted octanol–water partition coefficient (Wildman–Crippen LogP) is 1.38. The Morgan fingerprint density at radius 1 is 1.35 bits per heavy atom. The first kappa shape index (κ1) is 22.9. The van der Waals surface area contributed by atoms with Gasteiger partial charge in [-0.05, 0) is 51.0 Å². The lowest BCUT2D eigenvalue weighted by atomic mass is 10.2. The van der Waals surface area contributed by atoms with Crippen molar-refractivity contribution in [2.75, 3.05) is 26.2 Å². The number of carbonyl (C=O) groups is 1. The molecule has 1 saturated heterocycles. The molecule has 1 aliphatic rings. The molecule has 0 radical (unpaired) electrons. The molecule has 0 bridgehead atoms. The number of rotatable bonds is 8. The van der Waals surface area contributed by atoms with Crippen molar-refractivity contribution in [3.63, 3.8) is 0 Å². The average Bonchev–Trinajstić information content (AvgIpc) is 3.00. The Morgan fingerprint density at radius 2 is 2.00 bits per heavy atom. The number of nitrogens with two attached hydrogens (primary N) is 1. The van der Waals surface area contributed by atoms with Gasteiger partial charge in [-0.25, -0.2) is 13.1 Å². The number of amides is 1. The number of hydrogen-bond acceptors (Lipinski definition) is 5. The van der Waals surface area contributed by atoms with E-state index >= 15 is 0 Å². The molecule has 0 saturated carbocycles. The third-order valence-electron chi connectivity index (χ3n) is 3.99. The lowest BCUT2D eigenvalue weighted by Gasteiger charge is -2.16. The van der Waals surface area contributed by atoms with Gasteiger partial charge in [0.05, 0.1) is 11.0 Å². The summed E-state index contributed by atoms with van der Waals surface area (Å²) >= 11 is 0. The summed E-state index contributed by atoms with van der Waals surface area (Å²) in [5.74, 6) is -0.115. The standard InChI is InChI=1S/C17H27N3O4S.ClH/c1-13(2)24-11-3-9-19-25(22,23)16-6-4-14(5-7-16)17(21)20-10-8-15(18)12-20;/h4-7,13,15,19H,3,8-12,18H2,1-2H3;1H/t15-;/m0./s1. The summed E-state index contributed by atoms with van der Waals surface area (Å²) < 4.78 is 32.4. The highest BCUT2D eigenvalue weighted by atomic mass is 35.5. The van der Waals surface area contributed by atoms with Gasteiger partial charge < -0.3 is 15.4 Å². The maximum Gasteiger partial charge on any atom is 0.253 e. The number of likely N-dealkylation sites (tertiary alicyclic amines) is 1. The maximum atomic E-state index is 12.3. The lowest BCUT2D eigenvalue weighted by molar-refractivity contribution is 0.0776. The van der Waals surface area contributed by atoms with Gasteiger partial charge >= 0.3 is 0 Å². The van der Waals surface area contributed by atoms with Crippen LogP contribution in [0.1, 0.15) is 37.0 Å². The molecule has 3 N–H and O–H groups in total. The second kappa shape index (κ2) is 10.2. The highest BCUT2D eigenvalue weighted by Gasteiger charge is 2.24. The number of ether oxygens (including phenoxy) is 1. The van der Waals surface area contributed by atoms with Crippen molar-refractivity contribution in [2.45, 2.75) is 43.7 Å². The van der Waals surface area contributed by atoms with Gasteiger partial charge in [0, 0.05) is 37.8 Å². The molecule has 1 aromatic carbocycles. The molecule has 0 aromatic heterocycles. The van der Waals surface area contributed by atoms with Crippen LogP contribution in [0, 0.1) is 0 Å². The van der Waals surface area contributed by atoms with Crippen LogP contribution in [0.4, 0.5) is 0 Å². The molecule has 1 aromatic rings. The minimum absolute atomic E-state index is 0. The zero-order valence-corrected chi connectivity index (χ0v) is 16.8. The minimum atomic E-state index is -3.58. The van der Waals surface area contributed by atoms with Crippen molar-refractivity contribution in [3.05, 3.63) is 29.8 Å². The fourth-order valence-corrected chi connectivity index (χ4v) is 3.69. The Hall–Kier alpha value is -1.19. The van der Waals surface area contributed by atoms with E-state index < -0.39 is 10.0 Å². The third-order valence-corrected chi connectivity index (χ3v) is 5.46. The van der Waals surface area contributed by atoms with Gasteiger partial charge in [-0.15, -0.1) is 12.4 Å². The highest BCUT2D eigenvalue weighted by molar-refractivity contribution is 7.89. The zero-order chi connectivity index (χ0) is 18.4. The second-order valence-corrected chi connectivity index (χ2v) is 8.26. The summed E-state index contributed by atoms with van der Waals surface area (Å²) in [6, 6.07) is 6.02. The first-order chi connectivity index (χ1) is 11.8. The van der Waals surface area contributed by atoms with Gasteiger partial charge in [-0.3, -0.25) is 4.79 Å². The first-order valence-electron chi connectivity index (χ1n) is 8.56. The highest BCUT2D eigenvalue weighted by Crippen LogP contribution is 2.15. The predicted molar refractivity (Wildman–Crippen MR) is 103 cm³/mol. The molecule has 1 amide bonds. The maximum absolute atomic E-state index is 12.3. The van der Waals surface area contributed by atoms with Gasteiger partial charge in [0.25, 0.3) is 5.91 Å². The number of nitrogens with one attached hydrogen (secondary N) is 1. The first-order valence-corrected chi connectivity index (χ1v) is 10.0. The Morgan fingerprint density at radius 3 is 2.54 bits per heavy atom. The van der Waals surface area contributed by atoms with Crippen molar-refractivity contribution in [3.8, 4) is 0 Å². The molecular weight excluding hydrogens is 378 g/mol. The molecule has 1 atom stereocenters. The quantitative estimate of drug-likeness (QED) is 0.636. The minimum Gasteiger partial charge on any atom is -0.379 e. The molecule has 26 heavy (non-hydrogen) atoms. The van der Waals surface area contributed by atoms with Gasteiger partial charge in [-0.1, -0.05) is 0 Å². The van der Waals surface area contributed by atoms with E-state index in [0.717, 1.165) is 6.42 Å². The summed E-state index contributed by atoms with van der Waals surface area (Å²) in [5.41, 5.74) is 6.29. The fourth-order valence-electron chi connectivity index (χ4n) is 2.61. The van der Waals surface area contributed by atoms with Crippen LogP contribution in [0.2, 0.25) is 0 Å². The summed E-state index contributed by atoms with van der Waals surface area (Å²) in [7, 11) is -3.58. The molecule has 148 valence electrons. The molecule has 1 aliphatic heterocycles. The van der Waals surface area contributed by atoms with Crippen LogP contribution in [0.3, 0.4) is 0 Å². The lowest BCUT2D eigenvalue weighted by Crippen LogP contribution is -2.32. The van der Waals surface area contributed by atoms with E-state index in [1.807, 2.05) is 13.8 Å². The summed E-state index contributed by atoms with van der Waals surface area (Å²) in [6.45, 7) is 5.86. The molecule has 7 nitrogen and oxygen atoms in total. The fraction of sp³-hybridized carbons (Fsp3) is 0.588. The van der Waals surface area contributed by atoms with Crippen LogP contribution >= 0.6 is 12.4 Å². The van der Waals surface area contributed by atoms with Crippen molar-refractivity contribution in [1.82, 2.24) is 9.62 Å². The normalized spacial score (nSPS) is 17.4. The number of carbonyl (C=O) groups excluding carboxylic acids is 1. The summed E-state index contributed by atoms with van der Waals surface area (Å²) in [4.78, 5) is 14.2. The number of sulfonamides is 1. The van der Waals surface area contributed by atoms with Crippen molar-refractivity contribution < 1.29 is 17.9 Å². The molecular formula is C17H28ClN3O4S. The Labute approximate surface area is 161 Å². The molecule has 9 heteroatoms. The molecule has 0 unspecified atom stereocenters. The van der Waals surface area contributed by atoms with Crippen LogP contribution in [-0.4, -0.2) is 57.6 Å². The van der Waals surface area contributed by atoms with Crippen LogP contribution in [0.5, 0.6) is 0 Å². The largest absolute Gasteiger partial charge is 0.379 e. The molecule has 1 fully saturated rings. The topological polar surface area (TPSA) is 102 Å². The zero-order valence-electron chi connectivity index (χ0n) is 15.2. The van der Waals surface area contributed by atoms with Gasteiger partial charge in [0.2, 0.25) is 10.0 Å². The Balaban J connectivity index is 0.00000338. The van der Waals surface area contributed by atoms with Crippen LogP contribution in [0.15, 0.2) is 29.2 Å². The monoisotopic (exact) mass is 405 g/mol. The number of hydrogen-bond donors (Lipinski definition) is 2. The van der Waals surface area contributed by atoms with Crippen molar-refractivity contribution >= 4 is 28.3 Å². The van der Waals surface area contributed by atoms with Crippen molar-refractivity contribution in [2.24, 2.45) is 5.73 Å². The van der Waals surface area contributed by atoms with E-state index in [2.05, 4.69) is 4.72 Å². The molecule has 2 rings (SSSR count). The van der Waals surface area contributed by atoms with Crippen LogP contribution in [-0.2, 0) is 14.8 Å². The van der Waals surface area contributed by atoms with Crippen LogP contribution in [0.25, 0.3) is 0 Å². The van der Waals surface area contributed by atoms with E-state index in [-0.39, 0.29) is 35.4 Å². The van der Waals surface area contributed by atoms with E-state index in [1.54, 1.807) is 17.0 Å². The van der Waals surface area contributed by atoms with E-state index in [4.69, 9.17) is 10.5 Å².